The number of methoxy groups -OCH3 is 1. The zero-order valence-corrected chi connectivity index (χ0v) is 7.40. The van der Waals surface area contributed by atoms with E-state index in [0.717, 1.165) is 5.75 Å². The number of allylic oxidation sites excluding steroid dienone is 1. The minimum atomic E-state index is -0.308. The number of carbonyl (C=O) groups excluding carboxylic acids is 1. The number of hydrogen-bond acceptors (Lipinski definition) is 4. The third-order valence-electron chi connectivity index (χ3n) is 1.64. The SMILES string of the molecule is COC(=O)C1=C(N)[C@@H](C)CS1. The van der Waals surface area contributed by atoms with Crippen LogP contribution in [-0.2, 0) is 9.53 Å². The first-order chi connectivity index (χ1) is 5.16. The van der Waals surface area contributed by atoms with Gasteiger partial charge in [-0.3, -0.25) is 0 Å². The summed E-state index contributed by atoms with van der Waals surface area (Å²) in [6.07, 6.45) is 0. The molecule has 0 amide bonds. The molecule has 0 unspecified atom stereocenters. The highest BCUT2D eigenvalue weighted by molar-refractivity contribution is 8.04. The second-order valence-electron chi connectivity index (χ2n) is 2.49. The summed E-state index contributed by atoms with van der Waals surface area (Å²) in [5, 5.41) is 0. The van der Waals surface area contributed by atoms with E-state index in [2.05, 4.69) is 4.74 Å². The van der Waals surface area contributed by atoms with Gasteiger partial charge in [0.05, 0.1) is 7.11 Å². The topological polar surface area (TPSA) is 52.3 Å². The van der Waals surface area contributed by atoms with E-state index in [1.54, 1.807) is 0 Å². The van der Waals surface area contributed by atoms with Crippen LogP contribution < -0.4 is 5.73 Å². The van der Waals surface area contributed by atoms with Crippen LogP contribution >= 0.6 is 11.8 Å². The molecule has 4 heteroatoms. The van der Waals surface area contributed by atoms with E-state index in [4.69, 9.17) is 5.73 Å². The van der Waals surface area contributed by atoms with Gasteiger partial charge in [0.2, 0.25) is 0 Å². The summed E-state index contributed by atoms with van der Waals surface area (Å²) < 4.78 is 4.56. The summed E-state index contributed by atoms with van der Waals surface area (Å²) in [4.78, 5) is 11.6. The average molecular weight is 173 g/mol. The Morgan fingerprint density at radius 1 is 1.82 bits per heavy atom. The third-order valence-corrected chi connectivity index (χ3v) is 3.00. The number of ether oxygens (including phenoxy) is 1. The lowest BCUT2D eigenvalue weighted by atomic mass is 10.1. The molecule has 0 spiro atoms. The predicted molar refractivity (Wildman–Crippen MR) is 44.9 cm³/mol. The van der Waals surface area contributed by atoms with Gasteiger partial charge in [-0.15, -0.1) is 11.8 Å². The van der Waals surface area contributed by atoms with Gasteiger partial charge in [-0.05, 0) is 0 Å². The van der Waals surface area contributed by atoms with E-state index in [1.165, 1.54) is 18.9 Å². The van der Waals surface area contributed by atoms with Crippen LogP contribution in [0.25, 0.3) is 0 Å². The molecule has 1 aliphatic heterocycles. The molecule has 0 saturated heterocycles. The number of esters is 1. The van der Waals surface area contributed by atoms with Crippen molar-refractivity contribution in [2.24, 2.45) is 11.7 Å². The van der Waals surface area contributed by atoms with Crippen LogP contribution in [0.1, 0.15) is 6.92 Å². The van der Waals surface area contributed by atoms with Crippen LogP contribution in [0.2, 0.25) is 0 Å². The fourth-order valence-corrected chi connectivity index (χ4v) is 2.04. The van der Waals surface area contributed by atoms with Gasteiger partial charge in [-0.2, -0.15) is 0 Å². The second-order valence-corrected chi connectivity index (χ2v) is 3.52. The first-order valence-corrected chi connectivity index (χ1v) is 4.36. The van der Waals surface area contributed by atoms with E-state index in [-0.39, 0.29) is 5.97 Å². The Morgan fingerprint density at radius 3 is 2.82 bits per heavy atom. The Hall–Kier alpha value is -0.640. The van der Waals surface area contributed by atoms with E-state index >= 15 is 0 Å². The number of carbonyl (C=O) groups is 1. The minimum Gasteiger partial charge on any atom is -0.465 e. The number of rotatable bonds is 1. The fraction of sp³-hybridized carbons (Fsp3) is 0.571. The zero-order chi connectivity index (χ0) is 8.43. The van der Waals surface area contributed by atoms with Gasteiger partial charge < -0.3 is 10.5 Å². The Balaban J connectivity index is 2.79. The maximum atomic E-state index is 11.0. The summed E-state index contributed by atoms with van der Waals surface area (Å²) in [5.74, 6) is 0.877. The molecule has 11 heavy (non-hydrogen) atoms. The highest BCUT2D eigenvalue weighted by Gasteiger charge is 2.25. The molecular weight excluding hydrogens is 162 g/mol. The summed E-state index contributed by atoms with van der Waals surface area (Å²) >= 11 is 1.47. The van der Waals surface area contributed by atoms with Crippen LogP contribution in [0.5, 0.6) is 0 Å². The van der Waals surface area contributed by atoms with Crippen molar-refractivity contribution in [1.82, 2.24) is 0 Å². The number of thioether (sulfide) groups is 1. The average Bonchev–Trinajstić information content (AvgIpc) is 2.32. The van der Waals surface area contributed by atoms with Crippen molar-refractivity contribution in [1.29, 1.82) is 0 Å². The maximum absolute atomic E-state index is 11.0. The molecule has 0 saturated carbocycles. The molecule has 0 bridgehead atoms. The smallest absolute Gasteiger partial charge is 0.346 e. The molecular formula is C7H11NO2S. The molecule has 0 aromatic rings. The van der Waals surface area contributed by atoms with Crippen LogP contribution in [0.4, 0.5) is 0 Å². The van der Waals surface area contributed by atoms with E-state index in [0.29, 0.717) is 16.5 Å². The molecule has 1 atom stereocenters. The summed E-state index contributed by atoms with van der Waals surface area (Å²) in [6, 6.07) is 0. The van der Waals surface area contributed by atoms with Crippen molar-refractivity contribution in [3.8, 4) is 0 Å². The summed E-state index contributed by atoms with van der Waals surface area (Å²) in [5.41, 5.74) is 6.33. The second kappa shape index (κ2) is 3.17. The molecule has 0 fully saturated rings. The molecule has 0 radical (unpaired) electrons. The minimum absolute atomic E-state index is 0.300. The monoisotopic (exact) mass is 173 g/mol. The standard InChI is InChI=1S/C7H11NO2S/c1-4-3-11-6(5(4)8)7(9)10-2/h4H,3,8H2,1-2H3/t4-/m0/s1. The van der Waals surface area contributed by atoms with Crippen molar-refractivity contribution in [2.45, 2.75) is 6.92 Å². The Labute approximate surface area is 70.0 Å². The first kappa shape index (κ1) is 8.46. The number of hydrogen-bond donors (Lipinski definition) is 1. The zero-order valence-electron chi connectivity index (χ0n) is 6.59. The molecule has 1 aliphatic rings. The Morgan fingerprint density at radius 2 is 2.45 bits per heavy atom. The summed E-state index contributed by atoms with van der Waals surface area (Å²) in [7, 11) is 1.37. The van der Waals surface area contributed by atoms with Crippen LogP contribution in [-0.4, -0.2) is 18.8 Å². The molecule has 3 nitrogen and oxygen atoms in total. The van der Waals surface area contributed by atoms with Gasteiger partial charge in [-0.25, -0.2) is 4.79 Å². The van der Waals surface area contributed by atoms with Crippen LogP contribution in [0, 0.1) is 5.92 Å². The quantitative estimate of drug-likeness (QED) is 0.593. The fourth-order valence-electron chi connectivity index (χ4n) is 0.875. The third kappa shape index (κ3) is 1.50. The van der Waals surface area contributed by atoms with E-state index < -0.39 is 0 Å². The van der Waals surface area contributed by atoms with Crippen molar-refractivity contribution in [2.75, 3.05) is 12.9 Å². The molecule has 1 heterocycles. The van der Waals surface area contributed by atoms with Crippen molar-refractivity contribution >= 4 is 17.7 Å². The lowest BCUT2D eigenvalue weighted by Gasteiger charge is -2.01. The molecule has 2 N–H and O–H groups in total. The van der Waals surface area contributed by atoms with Gasteiger partial charge in [0.25, 0.3) is 0 Å². The Bertz CT molecular complexity index is 212. The maximum Gasteiger partial charge on any atom is 0.346 e. The lowest BCUT2D eigenvalue weighted by Crippen LogP contribution is -2.10. The highest BCUT2D eigenvalue weighted by atomic mass is 32.2. The van der Waals surface area contributed by atoms with Crippen molar-refractivity contribution in [3.63, 3.8) is 0 Å². The molecule has 1 rings (SSSR count). The predicted octanol–water partition coefficient (Wildman–Crippen LogP) is 0.713. The van der Waals surface area contributed by atoms with Gasteiger partial charge >= 0.3 is 5.97 Å². The van der Waals surface area contributed by atoms with Crippen LogP contribution in [0.3, 0.4) is 0 Å². The van der Waals surface area contributed by atoms with Gasteiger partial charge in [0.15, 0.2) is 0 Å². The lowest BCUT2D eigenvalue weighted by molar-refractivity contribution is -0.135. The van der Waals surface area contributed by atoms with Crippen molar-refractivity contribution < 1.29 is 9.53 Å². The van der Waals surface area contributed by atoms with E-state index in [1.807, 2.05) is 6.92 Å². The van der Waals surface area contributed by atoms with E-state index in [9.17, 15) is 4.79 Å². The molecule has 0 aromatic heterocycles. The molecule has 0 aliphatic carbocycles. The molecule has 0 aromatic carbocycles. The summed E-state index contributed by atoms with van der Waals surface area (Å²) in [6.45, 7) is 2.00. The van der Waals surface area contributed by atoms with Crippen molar-refractivity contribution in [3.05, 3.63) is 10.6 Å². The van der Waals surface area contributed by atoms with Crippen LogP contribution in [0.15, 0.2) is 10.6 Å². The molecule has 62 valence electrons. The Kier molecular flexibility index (Phi) is 2.44. The normalized spacial score (nSPS) is 24.0. The van der Waals surface area contributed by atoms with Gasteiger partial charge in [0, 0.05) is 17.4 Å². The largest absolute Gasteiger partial charge is 0.465 e. The van der Waals surface area contributed by atoms with Gasteiger partial charge in [0.1, 0.15) is 4.91 Å². The first-order valence-electron chi connectivity index (χ1n) is 3.37. The van der Waals surface area contributed by atoms with Gasteiger partial charge in [-0.1, -0.05) is 6.92 Å². The highest BCUT2D eigenvalue weighted by Crippen LogP contribution is 2.33. The number of nitrogens with two attached hydrogens (primary N) is 1.